The fourth-order valence-corrected chi connectivity index (χ4v) is 1.91. The molecule has 110 valence electrons. The molecular weight excluding hydrogens is 294 g/mol. The van der Waals surface area contributed by atoms with Crippen LogP contribution in [-0.2, 0) is 11.3 Å². The van der Waals surface area contributed by atoms with E-state index in [1.54, 1.807) is 24.3 Å². The van der Waals surface area contributed by atoms with Crippen LogP contribution in [0.1, 0.15) is 23.2 Å². The van der Waals surface area contributed by atoms with Gasteiger partial charge in [0.05, 0.1) is 17.3 Å². The van der Waals surface area contributed by atoms with Gasteiger partial charge in [0.25, 0.3) is 5.91 Å². The van der Waals surface area contributed by atoms with Crippen molar-refractivity contribution in [3.8, 4) is 0 Å². The summed E-state index contributed by atoms with van der Waals surface area (Å²) in [5.41, 5.74) is 6.38. The highest BCUT2D eigenvalue weighted by atomic mass is 35.5. The van der Waals surface area contributed by atoms with E-state index in [9.17, 15) is 9.59 Å². The number of hydrogen-bond donors (Lipinski definition) is 3. The van der Waals surface area contributed by atoms with Gasteiger partial charge in [-0.3, -0.25) is 9.59 Å². The van der Waals surface area contributed by atoms with Crippen molar-refractivity contribution in [1.82, 2.24) is 0 Å². The smallest absolute Gasteiger partial charge is 0.291 e. The van der Waals surface area contributed by atoms with Crippen LogP contribution in [0.5, 0.6) is 0 Å². The molecule has 0 spiro atoms. The molecule has 0 saturated carbocycles. The molecule has 4 N–H and O–H groups in total. The zero-order valence-corrected chi connectivity index (χ0v) is 12.0. The minimum absolute atomic E-state index is 0.164. The molecule has 21 heavy (non-hydrogen) atoms. The lowest BCUT2D eigenvalue weighted by molar-refractivity contribution is -0.114. The van der Waals surface area contributed by atoms with Gasteiger partial charge in [-0.25, -0.2) is 0 Å². The molecule has 1 aromatic heterocycles. The highest BCUT2D eigenvalue weighted by molar-refractivity contribution is 6.34. The standard InChI is InChI=1S/C14H14ClN3O3/c1-8(19)17-12-4-2-9(6-11(12)15)18-14(20)13-5-3-10(7-16)21-13/h2-6H,7,16H2,1H3,(H,17,19)(H,18,20). The second kappa shape index (κ2) is 6.43. The first kappa shape index (κ1) is 15.1. The van der Waals surface area contributed by atoms with E-state index in [2.05, 4.69) is 10.6 Å². The molecule has 2 rings (SSSR count). The first-order chi connectivity index (χ1) is 9.99. The first-order valence-electron chi connectivity index (χ1n) is 6.17. The number of nitrogens with one attached hydrogen (secondary N) is 2. The minimum Gasteiger partial charge on any atom is -0.455 e. The number of nitrogens with two attached hydrogens (primary N) is 1. The maximum absolute atomic E-state index is 12.0. The van der Waals surface area contributed by atoms with E-state index in [0.717, 1.165) is 0 Å². The Morgan fingerprint density at radius 2 is 2.00 bits per heavy atom. The van der Waals surface area contributed by atoms with Crippen molar-refractivity contribution >= 4 is 34.8 Å². The fraction of sp³-hybridized carbons (Fsp3) is 0.143. The summed E-state index contributed by atoms with van der Waals surface area (Å²) in [6, 6.07) is 7.96. The number of halogens is 1. The third kappa shape index (κ3) is 3.84. The number of hydrogen-bond acceptors (Lipinski definition) is 4. The Hall–Kier alpha value is -2.31. The molecule has 0 saturated heterocycles. The van der Waals surface area contributed by atoms with E-state index in [1.807, 2.05) is 0 Å². The predicted molar refractivity (Wildman–Crippen MR) is 80.3 cm³/mol. The molecule has 0 unspecified atom stereocenters. The van der Waals surface area contributed by atoms with Gasteiger partial charge in [-0.2, -0.15) is 0 Å². The largest absolute Gasteiger partial charge is 0.455 e. The van der Waals surface area contributed by atoms with Gasteiger partial charge in [-0.15, -0.1) is 0 Å². The Kier molecular flexibility index (Phi) is 4.62. The van der Waals surface area contributed by atoms with Crippen molar-refractivity contribution in [3.05, 3.63) is 46.9 Å². The van der Waals surface area contributed by atoms with Gasteiger partial charge < -0.3 is 20.8 Å². The van der Waals surface area contributed by atoms with Crippen LogP contribution in [0.2, 0.25) is 5.02 Å². The molecule has 1 aromatic carbocycles. The summed E-state index contributed by atoms with van der Waals surface area (Å²) in [5.74, 6) is 0.0633. The molecule has 0 bridgehead atoms. The van der Waals surface area contributed by atoms with Crippen LogP contribution in [-0.4, -0.2) is 11.8 Å². The second-order valence-corrected chi connectivity index (χ2v) is 4.71. The topological polar surface area (TPSA) is 97.4 Å². The molecule has 0 aliphatic rings. The summed E-state index contributed by atoms with van der Waals surface area (Å²) in [5, 5.41) is 5.55. The Labute approximate surface area is 126 Å². The molecule has 0 fully saturated rings. The molecule has 0 atom stereocenters. The normalized spacial score (nSPS) is 10.2. The van der Waals surface area contributed by atoms with Gasteiger partial charge in [-0.05, 0) is 30.3 Å². The minimum atomic E-state index is -0.405. The number of furan rings is 1. The van der Waals surface area contributed by atoms with Crippen molar-refractivity contribution in [2.24, 2.45) is 5.73 Å². The van der Waals surface area contributed by atoms with Gasteiger partial charge in [0.15, 0.2) is 5.76 Å². The number of anilines is 2. The van der Waals surface area contributed by atoms with Crippen LogP contribution in [0.4, 0.5) is 11.4 Å². The molecule has 7 heteroatoms. The third-order valence-corrected chi connectivity index (χ3v) is 2.94. The molecule has 2 aromatic rings. The number of rotatable bonds is 4. The van der Waals surface area contributed by atoms with E-state index in [1.165, 1.54) is 13.0 Å². The molecule has 0 aliphatic heterocycles. The quantitative estimate of drug-likeness (QED) is 0.808. The van der Waals surface area contributed by atoms with Crippen molar-refractivity contribution in [1.29, 1.82) is 0 Å². The van der Waals surface area contributed by atoms with Crippen LogP contribution in [0.3, 0.4) is 0 Å². The SMILES string of the molecule is CC(=O)Nc1ccc(NC(=O)c2ccc(CN)o2)cc1Cl. The molecule has 0 radical (unpaired) electrons. The Morgan fingerprint density at radius 1 is 1.24 bits per heavy atom. The van der Waals surface area contributed by atoms with Crippen LogP contribution in [0.15, 0.2) is 34.7 Å². The van der Waals surface area contributed by atoms with Gasteiger partial charge in [0.1, 0.15) is 5.76 Å². The number of carbonyl (C=O) groups is 2. The second-order valence-electron chi connectivity index (χ2n) is 4.30. The number of amides is 2. The van der Waals surface area contributed by atoms with Gasteiger partial charge in [-0.1, -0.05) is 11.6 Å². The lowest BCUT2D eigenvalue weighted by Crippen LogP contribution is -2.11. The summed E-state index contributed by atoms with van der Waals surface area (Å²) >= 11 is 6.02. The molecule has 6 nitrogen and oxygen atoms in total. The Morgan fingerprint density at radius 3 is 2.57 bits per heavy atom. The summed E-state index contributed by atoms with van der Waals surface area (Å²) in [7, 11) is 0. The van der Waals surface area contributed by atoms with Crippen molar-refractivity contribution in [2.75, 3.05) is 10.6 Å². The maximum Gasteiger partial charge on any atom is 0.291 e. The summed E-state index contributed by atoms with van der Waals surface area (Å²) < 4.78 is 5.25. The van der Waals surface area contributed by atoms with Crippen LogP contribution < -0.4 is 16.4 Å². The summed E-state index contributed by atoms with van der Waals surface area (Å²) in [6.07, 6.45) is 0. The van der Waals surface area contributed by atoms with E-state index < -0.39 is 5.91 Å². The molecule has 0 aliphatic carbocycles. The van der Waals surface area contributed by atoms with Gasteiger partial charge in [0, 0.05) is 12.6 Å². The summed E-state index contributed by atoms with van der Waals surface area (Å²) in [4.78, 5) is 22.9. The van der Waals surface area contributed by atoms with E-state index in [0.29, 0.717) is 22.2 Å². The van der Waals surface area contributed by atoms with Crippen LogP contribution in [0.25, 0.3) is 0 Å². The maximum atomic E-state index is 12.0. The lowest BCUT2D eigenvalue weighted by Gasteiger charge is -2.08. The molecule has 1 heterocycles. The Bertz CT molecular complexity index is 682. The fourth-order valence-electron chi connectivity index (χ4n) is 1.69. The van der Waals surface area contributed by atoms with E-state index in [-0.39, 0.29) is 18.2 Å². The predicted octanol–water partition coefficient (Wildman–Crippen LogP) is 2.60. The molecular formula is C14H14ClN3O3. The monoisotopic (exact) mass is 307 g/mol. The lowest BCUT2D eigenvalue weighted by atomic mass is 10.2. The Balaban J connectivity index is 2.10. The van der Waals surface area contributed by atoms with E-state index in [4.69, 9.17) is 21.8 Å². The van der Waals surface area contributed by atoms with Crippen molar-refractivity contribution in [3.63, 3.8) is 0 Å². The van der Waals surface area contributed by atoms with Gasteiger partial charge >= 0.3 is 0 Å². The zero-order chi connectivity index (χ0) is 15.4. The molecule has 2 amide bonds. The third-order valence-electron chi connectivity index (χ3n) is 2.62. The first-order valence-corrected chi connectivity index (χ1v) is 6.54. The van der Waals surface area contributed by atoms with Gasteiger partial charge in [0.2, 0.25) is 5.91 Å². The zero-order valence-electron chi connectivity index (χ0n) is 11.3. The number of carbonyl (C=O) groups excluding carboxylic acids is 2. The average Bonchev–Trinajstić information content (AvgIpc) is 2.90. The van der Waals surface area contributed by atoms with Crippen LogP contribution >= 0.6 is 11.6 Å². The van der Waals surface area contributed by atoms with Crippen molar-refractivity contribution in [2.45, 2.75) is 13.5 Å². The highest BCUT2D eigenvalue weighted by Crippen LogP contribution is 2.25. The number of benzene rings is 1. The summed E-state index contributed by atoms with van der Waals surface area (Å²) in [6.45, 7) is 1.61. The highest BCUT2D eigenvalue weighted by Gasteiger charge is 2.12. The van der Waals surface area contributed by atoms with Crippen molar-refractivity contribution < 1.29 is 14.0 Å². The average molecular weight is 308 g/mol. The van der Waals surface area contributed by atoms with Crippen LogP contribution in [0, 0.1) is 0 Å². The van der Waals surface area contributed by atoms with E-state index >= 15 is 0 Å².